The first kappa shape index (κ1) is 18.0. The van der Waals surface area contributed by atoms with Gasteiger partial charge < -0.3 is 20.2 Å². The number of H-pyrrole nitrogens is 2. The average Bonchev–Trinajstić information content (AvgIpc) is 2.52. The Morgan fingerprint density at radius 1 is 0.885 bits per heavy atom. The lowest BCUT2D eigenvalue weighted by Gasteiger charge is -2.20. The van der Waals surface area contributed by atoms with E-state index in [4.69, 9.17) is 0 Å². The highest BCUT2D eigenvalue weighted by atomic mass is 79.9. The zero-order valence-electron chi connectivity index (χ0n) is 14.1. The fourth-order valence-corrected chi connectivity index (χ4v) is 3.60. The quantitative estimate of drug-likeness (QED) is 0.526. The van der Waals surface area contributed by atoms with Crippen molar-refractivity contribution in [1.29, 1.82) is 0 Å². The predicted molar refractivity (Wildman–Crippen MR) is 102 cm³/mol. The minimum Gasteiger partial charge on any atom is -0.507 e. The molecule has 0 saturated carbocycles. The standard InChI is InChI=1S/C19H17BrN2O4/c1-9-7-13(23)16(18(25)21-9)15(11-5-3-4-6-12(11)20)17-14(24)8-10(2)22-19(17)26/h3-8,15H,1-2H3,(H2,21,23,25)(H2,22,24,26). The van der Waals surface area contributed by atoms with Crippen LogP contribution in [0.3, 0.4) is 0 Å². The second kappa shape index (κ2) is 6.84. The van der Waals surface area contributed by atoms with Gasteiger partial charge in [0.15, 0.2) is 0 Å². The van der Waals surface area contributed by atoms with Crippen molar-refractivity contribution in [3.63, 3.8) is 0 Å². The van der Waals surface area contributed by atoms with E-state index in [2.05, 4.69) is 25.9 Å². The van der Waals surface area contributed by atoms with Gasteiger partial charge in [-0.2, -0.15) is 0 Å². The van der Waals surface area contributed by atoms with Crippen LogP contribution < -0.4 is 11.1 Å². The lowest BCUT2D eigenvalue weighted by atomic mass is 9.85. The summed E-state index contributed by atoms with van der Waals surface area (Å²) in [4.78, 5) is 30.5. The van der Waals surface area contributed by atoms with Gasteiger partial charge in [-0.25, -0.2) is 0 Å². The molecule has 0 unspecified atom stereocenters. The van der Waals surface area contributed by atoms with Gasteiger partial charge in [0.25, 0.3) is 11.1 Å². The van der Waals surface area contributed by atoms with Crippen molar-refractivity contribution in [3.05, 3.63) is 89.7 Å². The predicted octanol–water partition coefficient (Wildman–Crippen LogP) is 3.03. The van der Waals surface area contributed by atoms with Crippen LogP contribution in [-0.4, -0.2) is 20.2 Å². The Hall–Kier alpha value is -2.80. The number of aromatic nitrogens is 2. The highest BCUT2D eigenvalue weighted by Crippen LogP contribution is 2.39. The van der Waals surface area contributed by atoms with E-state index < -0.39 is 17.0 Å². The summed E-state index contributed by atoms with van der Waals surface area (Å²) in [6.07, 6.45) is 0. The maximum absolute atomic E-state index is 12.6. The number of aromatic hydroxyl groups is 2. The van der Waals surface area contributed by atoms with Crippen LogP contribution in [0.15, 0.2) is 50.5 Å². The number of benzene rings is 1. The summed E-state index contributed by atoms with van der Waals surface area (Å²) in [6, 6.07) is 9.88. The van der Waals surface area contributed by atoms with Gasteiger partial charge in [-0.1, -0.05) is 34.1 Å². The Balaban J connectivity index is 2.43. The zero-order chi connectivity index (χ0) is 19.0. The van der Waals surface area contributed by atoms with Crippen molar-refractivity contribution in [3.8, 4) is 11.5 Å². The van der Waals surface area contributed by atoms with E-state index >= 15 is 0 Å². The Bertz CT molecular complexity index is 1040. The van der Waals surface area contributed by atoms with Gasteiger partial charge in [-0.15, -0.1) is 0 Å². The minimum absolute atomic E-state index is 0.00727. The molecule has 3 rings (SSSR count). The smallest absolute Gasteiger partial charge is 0.256 e. The molecule has 0 aliphatic heterocycles. The van der Waals surface area contributed by atoms with Gasteiger partial charge in [0.05, 0.1) is 17.0 Å². The van der Waals surface area contributed by atoms with Crippen LogP contribution in [0.4, 0.5) is 0 Å². The summed E-state index contributed by atoms with van der Waals surface area (Å²) < 4.78 is 0.642. The molecule has 0 aliphatic carbocycles. The number of aromatic amines is 2. The first-order valence-electron chi connectivity index (χ1n) is 7.89. The molecule has 0 aliphatic rings. The molecule has 0 amide bonds. The molecule has 0 fully saturated rings. The SMILES string of the molecule is Cc1cc(O)c(C(c2ccccc2Br)c2c(O)cc(C)[nH]c2=O)c(=O)[nH]1. The van der Waals surface area contributed by atoms with Crippen LogP contribution in [-0.2, 0) is 0 Å². The van der Waals surface area contributed by atoms with Crippen LogP contribution in [0.5, 0.6) is 11.5 Å². The van der Waals surface area contributed by atoms with E-state index in [1.165, 1.54) is 12.1 Å². The van der Waals surface area contributed by atoms with Gasteiger partial charge >= 0.3 is 0 Å². The molecule has 0 bridgehead atoms. The fraction of sp³-hybridized carbons (Fsp3) is 0.158. The third-order valence-electron chi connectivity index (χ3n) is 4.16. The number of halogens is 1. The summed E-state index contributed by atoms with van der Waals surface area (Å²) >= 11 is 3.43. The maximum Gasteiger partial charge on any atom is 0.256 e. The van der Waals surface area contributed by atoms with Crippen molar-refractivity contribution in [2.75, 3.05) is 0 Å². The first-order chi connectivity index (χ1) is 12.3. The summed E-state index contributed by atoms with van der Waals surface area (Å²) in [5, 5.41) is 20.9. The molecule has 0 atom stereocenters. The number of nitrogens with one attached hydrogen (secondary N) is 2. The molecule has 0 radical (unpaired) electrons. The molecule has 1 aromatic carbocycles. The number of pyridine rings is 2. The molecule has 2 heterocycles. The lowest BCUT2D eigenvalue weighted by Crippen LogP contribution is -2.25. The zero-order valence-corrected chi connectivity index (χ0v) is 15.7. The fourth-order valence-electron chi connectivity index (χ4n) is 3.09. The van der Waals surface area contributed by atoms with E-state index in [0.29, 0.717) is 21.4 Å². The maximum atomic E-state index is 12.6. The van der Waals surface area contributed by atoms with E-state index in [9.17, 15) is 19.8 Å². The average molecular weight is 417 g/mol. The Morgan fingerprint density at radius 2 is 1.35 bits per heavy atom. The van der Waals surface area contributed by atoms with Crippen LogP contribution in [0.1, 0.15) is 34.0 Å². The summed E-state index contributed by atoms with van der Waals surface area (Å²) in [6.45, 7) is 3.29. The third kappa shape index (κ3) is 3.17. The van der Waals surface area contributed by atoms with Gasteiger partial charge in [-0.05, 0) is 37.6 Å². The van der Waals surface area contributed by atoms with Crippen LogP contribution in [0.25, 0.3) is 0 Å². The highest BCUT2D eigenvalue weighted by Gasteiger charge is 2.30. The number of aryl methyl sites for hydroxylation is 2. The van der Waals surface area contributed by atoms with Crippen molar-refractivity contribution in [2.45, 2.75) is 19.8 Å². The number of hydrogen-bond donors (Lipinski definition) is 4. The molecule has 2 aromatic heterocycles. The van der Waals surface area contributed by atoms with Crippen molar-refractivity contribution in [1.82, 2.24) is 9.97 Å². The summed E-state index contributed by atoms with van der Waals surface area (Å²) in [5.74, 6) is -1.45. The van der Waals surface area contributed by atoms with E-state index in [1.807, 2.05) is 0 Å². The van der Waals surface area contributed by atoms with Crippen molar-refractivity contribution >= 4 is 15.9 Å². The molecular weight excluding hydrogens is 400 g/mol. The van der Waals surface area contributed by atoms with Crippen LogP contribution in [0, 0.1) is 13.8 Å². The Morgan fingerprint density at radius 3 is 1.77 bits per heavy atom. The molecule has 134 valence electrons. The molecule has 4 N–H and O–H groups in total. The molecule has 0 spiro atoms. The Kier molecular flexibility index (Phi) is 4.73. The van der Waals surface area contributed by atoms with Crippen LogP contribution in [0.2, 0.25) is 0 Å². The first-order valence-corrected chi connectivity index (χ1v) is 8.69. The summed E-state index contributed by atoms with van der Waals surface area (Å²) in [5.41, 5.74) is 0.486. The lowest BCUT2D eigenvalue weighted by molar-refractivity contribution is 0.454. The van der Waals surface area contributed by atoms with E-state index in [0.717, 1.165) is 0 Å². The molecular formula is C19H17BrN2O4. The normalized spacial score (nSPS) is 11.1. The van der Waals surface area contributed by atoms with Crippen LogP contribution >= 0.6 is 15.9 Å². The van der Waals surface area contributed by atoms with Gasteiger partial charge in [0, 0.05) is 15.9 Å². The van der Waals surface area contributed by atoms with Crippen molar-refractivity contribution in [2.24, 2.45) is 0 Å². The van der Waals surface area contributed by atoms with Gasteiger partial charge in [0.2, 0.25) is 0 Å². The van der Waals surface area contributed by atoms with Crippen molar-refractivity contribution < 1.29 is 10.2 Å². The molecule has 26 heavy (non-hydrogen) atoms. The van der Waals surface area contributed by atoms with Gasteiger partial charge in [0.1, 0.15) is 11.5 Å². The number of hydrogen-bond acceptors (Lipinski definition) is 4. The monoisotopic (exact) mass is 416 g/mol. The molecule has 0 saturated heterocycles. The molecule has 3 aromatic rings. The third-order valence-corrected chi connectivity index (χ3v) is 4.88. The van der Waals surface area contributed by atoms with E-state index in [-0.39, 0.29) is 22.6 Å². The van der Waals surface area contributed by atoms with Gasteiger partial charge in [-0.3, -0.25) is 9.59 Å². The largest absolute Gasteiger partial charge is 0.507 e. The Labute approximate surface area is 157 Å². The molecule has 7 heteroatoms. The number of rotatable bonds is 3. The molecule has 6 nitrogen and oxygen atoms in total. The second-order valence-corrected chi connectivity index (χ2v) is 6.97. The topological polar surface area (TPSA) is 106 Å². The highest BCUT2D eigenvalue weighted by molar-refractivity contribution is 9.10. The summed E-state index contributed by atoms with van der Waals surface area (Å²) in [7, 11) is 0. The minimum atomic E-state index is -0.959. The van der Waals surface area contributed by atoms with E-state index in [1.54, 1.807) is 38.1 Å². The second-order valence-electron chi connectivity index (χ2n) is 6.12.